The van der Waals surface area contributed by atoms with Crippen molar-refractivity contribution in [1.82, 2.24) is 5.32 Å². The van der Waals surface area contributed by atoms with Crippen molar-refractivity contribution < 1.29 is 39.5 Å². The minimum Gasteiger partial charge on any atom is -0.861 e. The van der Waals surface area contributed by atoms with Crippen LogP contribution in [0.2, 0.25) is 0 Å². The Kier molecular flexibility index (Phi) is 7.25. The molecule has 1 aliphatic heterocycles. The van der Waals surface area contributed by atoms with Crippen LogP contribution in [0.3, 0.4) is 0 Å². The van der Waals surface area contributed by atoms with Gasteiger partial charge in [0.1, 0.15) is 0 Å². The molecular formula is C10H15N2NaO2S2. The molecule has 0 radical (unpaired) electrons. The summed E-state index contributed by atoms with van der Waals surface area (Å²) in [6.07, 6.45) is 3.15. The second kappa shape index (κ2) is 7.09. The zero-order valence-corrected chi connectivity index (χ0v) is 14.2. The van der Waals surface area contributed by atoms with Crippen LogP contribution >= 0.6 is 24.0 Å². The Morgan fingerprint density at radius 2 is 2.24 bits per heavy atom. The fraction of sp³-hybridized carbons (Fsp3) is 0.700. The molecule has 0 fully saturated rings. The first-order chi connectivity index (χ1) is 7.48. The molecule has 4 nitrogen and oxygen atoms in total. The summed E-state index contributed by atoms with van der Waals surface area (Å²) in [5, 5.41) is 14.4. The maximum absolute atomic E-state index is 12.0. The average molecular weight is 282 g/mol. The third-order valence-corrected chi connectivity index (χ3v) is 4.21. The molecular weight excluding hydrogens is 267 g/mol. The minimum absolute atomic E-state index is 0. The molecule has 1 N–H and O–H groups in total. The number of hydrogen-bond acceptors (Lipinski definition) is 4. The summed E-state index contributed by atoms with van der Waals surface area (Å²) in [6, 6.07) is 0. The number of nitrogens with zero attached hydrogens (tertiary/aromatic N) is 1. The molecule has 1 rings (SSSR count). The molecule has 2 unspecified atom stereocenters. The Bertz CT molecular complexity index is 349. The summed E-state index contributed by atoms with van der Waals surface area (Å²) in [7, 11) is 0. The van der Waals surface area contributed by atoms with Crippen LogP contribution in [0.15, 0.2) is 4.99 Å². The third kappa shape index (κ3) is 3.23. The van der Waals surface area contributed by atoms with Crippen LogP contribution in [0.1, 0.15) is 26.7 Å². The summed E-state index contributed by atoms with van der Waals surface area (Å²) < 4.78 is 0. The van der Waals surface area contributed by atoms with Gasteiger partial charge in [0.2, 0.25) is 5.91 Å². The smallest absolute Gasteiger partial charge is 0.861 e. The van der Waals surface area contributed by atoms with Gasteiger partial charge in [0.05, 0.1) is 5.41 Å². The first kappa shape index (κ1) is 17.4. The molecule has 1 amide bonds. The first-order valence-electron chi connectivity index (χ1n) is 5.13. The Morgan fingerprint density at radius 1 is 1.65 bits per heavy atom. The second-order valence-corrected chi connectivity index (χ2v) is 5.34. The van der Waals surface area contributed by atoms with Crippen molar-refractivity contribution in [3.63, 3.8) is 0 Å². The summed E-state index contributed by atoms with van der Waals surface area (Å²) in [5.74, 6) is -0.703. The van der Waals surface area contributed by atoms with Gasteiger partial charge in [-0.3, -0.25) is 4.79 Å². The van der Waals surface area contributed by atoms with Crippen molar-refractivity contribution in [2.24, 2.45) is 10.4 Å². The Morgan fingerprint density at radius 3 is 2.65 bits per heavy atom. The van der Waals surface area contributed by atoms with E-state index in [4.69, 9.17) is 12.2 Å². The van der Waals surface area contributed by atoms with Crippen molar-refractivity contribution >= 4 is 40.9 Å². The number of thioether (sulfide) groups is 1. The van der Waals surface area contributed by atoms with Gasteiger partial charge in [-0.2, -0.15) is 11.8 Å². The van der Waals surface area contributed by atoms with Crippen LogP contribution in [-0.2, 0) is 4.79 Å². The molecule has 0 saturated heterocycles. The van der Waals surface area contributed by atoms with Crippen molar-refractivity contribution in [3.05, 3.63) is 0 Å². The average Bonchev–Trinajstić information content (AvgIpc) is 2.22. The number of thiocarbonyl (C=S) groups is 1. The Labute approximate surface area is 133 Å². The molecule has 2 atom stereocenters. The quantitative estimate of drug-likeness (QED) is 0.465. The van der Waals surface area contributed by atoms with E-state index in [0.717, 1.165) is 6.42 Å². The number of aliphatic imine (C=N–C) groups is 1. The third-order valence-electron chi connectivity index (χ3n) is 2.90. The molecule has 0 bridgehead atoms. The van der Waals surface area contributed by atoms with Gasteiger partial charge in [0.15, 0.2) is 5.11 Å². The van der Waals surface area contributed by atoms with E-state index in [1.807, 2.05) is 20.1 Å². The molecule has 0 saturated carbocycles. The van der Waals surface area contributed by atoms with Gasteiger partial charge in [-0.05, 0) is 30.8 Å². The van der Waals surface area contributed by atoms with Crippen molar-refractivity contribution in [1.29, 1.82) is 0 Å². The van der Waals surface area contributed by atoms with Crippen LogP contribution in [-0.4, -0.2) is 28.4 Å². The summed E-state index contributed by atoms with van der Waals surface area (Å²) in [4.78, 5) is 15.8. The fourth-order valence-corrected chi connectivity index (χ4v) is 2.81. The summed E-state index contributed by atoms with van der Waals surface area (Å²) in [6.45, 7) is 3.82. The van der Waals surface area contributed by atoms with Gasteiger partial charge in [-0.1, -0.05) is 20.3 Å². The van der Waals surface area contributed by atoms with E-state index in [0.29, 0.717) is 6.42 Å². The van der Waals surface area contributed by atoms with Gasteiger partial charge in [-0.15, -0.1) is 0 Å². The van der Waals surface area contributed by atoms with Crippen molar-refractivity contribution in [2.45, 2.75) is 31.9 Å². The van der Waals surface area contributed by atoms with Crippen molar-refractivity contribution in [3.8, 4) is 0 Å². The normalized spacial score (nSPS) is 25.7. The molecule has 17 heavy (non-hydrogen) atoms. The molecule has 0 aliphatic carbocycles. The number of carbonyl (C=O) groups excluding carboxylic acids is 1. The second-order valence-electron chi connectivity index (χ2n) is 3.78. The molecule has 0 spiro atoms. The van der Waals surface area contributed by atoms with E-state index in [9.17, 15) is 9.90 Å². The maximum Gasteiger partial charge on any atom is 1.00 e. The molecule has 1 aliphatic rings. The van der Waals surface area contributed by atoms with Crippen LogP contribution in [0.5, 0.6) is 0 Å². The van der Waals surface area contributed by atoms with Gasteiger partial charge in [0, 0.05) is 5.25 Å². The number of hydrogen-bond donors (Lipinski definition) is 1. The van der Waals surface area contributed by atoms with Gasteiger partial charge < -0.3 is 10.4 Å². The molecule has 90 valence electrons. The van der Waals surface area contributed by atoms with E-state index in [2.05, 4.69) is 10.3 Å². The van der Waals surface area contributed by atoms with E-state index >= 15 is 0 Å². The molecule has 0 aromatic carbocycles. The number of carbonyl (C=O) groups is 1. The largest absolute Gasteiger partial charge is 1.00 e. The first-order valence-corrected chi connectivity index (χ1v) is 6.83. The minimum atomic E-state index is -1.05. The van der Waals surface area contributed by atoms with Crippen LogP contribution in [0, 0.1) is 5.41 Å². The molecule has 0 aromatic rings. The predicted molar refractivity (Wildman–Crippen MR) is 68.5 cm³/mol. The Hall–Kier alpha value is 0.380. The van der Waals surface area contributed by atoms with E-state index < -0.39 is 11.3 Å². The van der Waals surface area contributed by atoms with Gasteiger partial charge in [0.25, 0.3) is 0 Å². The van der Waals surface area contributed by atoms with Crippen LogP contribution < -0.4 is 40.0 Å². The van der Waals surface area contributed by atoms with Crippen LogP contribution in [0.25, 0.3) is 0 Å². The fourth-order valence-electron chi connectivity index (χ4n) is 1.90. The predicted octanol–water partition coefficient (Wildman–Crippen LogP) is -2.30. The van der Waals surface area contributed by atoms with Crippen molar-refractivity contribution in [2.75, 3.05) is 6.26 Å². The topological polar surface area (TPSA) is 64.5 Å². The molecule has 0 aromatic heterocycles. The zero-order valence-electron chi connectivity index (χ0n) is 10.6. The summed E-state index contributed by atoms with van der Waals surface area (Å²) >= 11 is 6.24. The van der Waals surface area contributed by atoms with Gasteiger partial charge in [-0.25, -0.2) is 4.99 Å². The Balaban J connectivity index is 0.00000256. The maximum atomic E-state index is 12.0. The van der Waals surface area contributed by atoms with E-state index in [-0.39, 0.29) is 45.8 Å². The SMILES string of the molecule is CCCC1(C(C)SC)C(=O)NC(=S)N=C1[O-].[Na+]. The standard InChI is InChI=1S/C10H16N2O2S2.Na/c1-4-5-10(6(2)16-3)7(13)11-9(15)12-8(10)14;/h6H,4-5H2,1-3H3,(H2,11,12,13,14,15);/q;+1/p-1. The zero-order chi connectivity index (χ0) is 12.3. The van der Waals surface area contributed by atoms with Gasteiger partial charge >= 0.3 is 29.6 Å². The van der Waals surface area contributed by atoms with E-state index in [1.54, 1.807) is 0 Å². The summed E-state index contributed by atoms with van der Waals surface area (Å²) in [5.41, 5.74) is -1.05. The monoisotopic (exact) mass is 282 g/mol. The number of nitrogens with one attached hydrogen (secondary N) is 1. The number of amides is 1. The van der Waals surface area contributed by atoms with E-state index in [1.165, 1.54) is 11.8 Å². The molecule has 7 heteroatoms. The number of rotatable bonds is 4. The van der Waals surface area contributed by atoms with Crippen LogP contribution in [0.4, 0.5) is 0 Å². The molecule has 1 heterocycles.